The van der Waals surface area contributed by atoms with Crippen molar-refractivity contribution in [1.82, 2.24) is 0 Å². The number of rotatable bonds is 7. The summed E-state index contributed by atoms with van der Waals surface area (Å²) < 4.78 is 11.0. The van der Waals surface area contributed by atoms with E-state index in [2.05, 4.69) is 5.32 Å². The van der Waals surface area contributed by atoms with Crippen LogP contribution in [-0.4, -0.2) is 31.1 Å². The molecule has 2 aromatic rings. The van der Waals surface area contributed by atoms with Gasteiger partial charge in [-0.3, -0.25) is 9.59 Å². The largest absolute Gasteiger partial charge is 0.494 e. The standard InChI is InChI=1S/C20H22N2O4/c1-3-25-15-11-9-14(10-12-15)22-19(23)13-17(20(22)24)21-16-7-5-6-8-18(16)26-4-2/h5-12,17,21H,3-4,13H2,1-2H3. The summed E-state index contributed by atoms with van der Waals surface area (Å²) in [5.74, 6) is 0.862. The maximum atomic E-state index is 12.8. The Labute approximate surface area is 152 Å². The lowest BCUT2D eigenvalue weighted by Gasteiger charge is -2.18. The van der Waals surface area contributed by atoms with E-state index in [4.69, 9.17) is 9.47 Å². The van der Waals surface area contributed by atoms with Crippen molar-refractivity contribution in [2.45, 2.75) is 26.3 Å². The van der Waals surface area contributed by atoms with Gasteiger partial charge >= 0.3 is 0 Å². The predicted molar refractivity (Wildman–Crippen MR) is 99.7 cm³/mol. The number of carbonyl (C=O) groups is 2. The molecule has 1 saturated heterocycles. The van der Waals surface area contributed by atoms with Crippen molar-refractivity contribution >= 4 is 23.2 Å². The van der Waals surface area contributed by atoms with Gasteiger partial charge in [0, 0.05) is 0 Å². The van der Waals surface area contributed by atoms with Crippen molar-refractivity contribution in [2.24, 2.45) is 0 Å². The Kier molecular flexibility index (Phi) is 5.41. The van der Waals surface area contributed by atoms with Crippen molar-refractivity contribution in [3.05, 3.63) is 48.5 Å². The molecule has 2 amide bonds. The molecule has 0 spiro atoms. The minimum absolute atomic E-state index is 0.104. The molecule has 1 unspecified atom stereocenters. The Morgan fingerprint density at radius 2 is 1.69 bits per heavy atom. The number of anilines is 2. The first kappa shape index (κ1) is 17.8. The van der Waals surface area contributed by atoms with Crippen LogP contribution in [0.25, 0.3) is 0 Å². The second kappa shape index (κ2) is 7.91. The lowest BCUT2D eigenvalue weighted by molar-refractivity contribution is -0.121. The SMILES string of the molecule is CCOc1ccc(N2C(=O)CC(Nc3ccccc3OCC)C2=O)cc1. The molecule has 26 heavy (non-hydrogen) atoms. The lowest BCUT2D eigenvalue weighted by Crippen LogP contribution is -2.34. The van der Waals surface area contributed by atoms with Crippen LogP contribution in [0, 0.1) is 0 Å². The van der Waals surface area contributed by atoms with E-state index in [0.717, 1.165) is 0 Å². The highest BCUT2D eigenvalue weighted by atomic mass is 16.5. The van der Waals surface area contributed by atoms with Crippen LogP contribution in [0.5, 0.6) is 11.5 Å². The van der Waals surface area contributed by atoms with E-state index < -0.39 is 6.04 Å². The molecule has 6 nitrogen and oxygen atoms in total. The zero-order valence-corrected chi connectivity index (χ0v) is 14.9. The average molecular weight is 354 g/mol. The van der Waals surface area contributed by atoms with Crippen LogP contribution in [0.1, 0.15) is 20.3 Å². The van der Waals surface area contributed by atoms with Crippen molar-refractivity contribution in [3.63, 3.8) is 0 Å². The van der Waals surface area contributed by atoms with Gasteiger partial charge in [0.05, 0.1) is 31.0 Å². The zero-order chi connectivity index (χ0) is 18.5. The van der Waals surface area contributed by atoms with E-state index in [1.807, 2.05) is 38.1 Å². The third-order valence-electron chi connectivity index (χ3n) is 4.07. The minimum atomic E-state index is -0.615. The molecule has 6 heteroatoms. The fourth-order valence-electron chi connectivity index (χ4n) is 2.93. The number of hydrogen-bond donors (Lipinski definition) is 1. The molecule has 2 aromatic carbocycles. The molecule has 0 aromatic heterocycles. The summed E-state index contributed by atoms with van der Waals surface area (Å²) in [6.07, 6.45) is 0.104. The summed E-state index contributed by atoms with van der Waals surface area (Å²) in [6.45, 7) is 4.88. The fraction of sp³-hybridized carbons (Fsp3) is 0.300. The smallest absolute Gasteiger partial charge is 0.256 e. The fourth-order valence-corrected chi connectivity index (χ4v) is 2.93. The van der Waals surface area contributed by atoms with Crippen LogP contribution in [0.4, 0.5) is 11.4 Å². The number of hydrogen-bond acceptors (Lipinski definition) is 5. The first-order valence-corrected chi connectivity index (χ1v) is 8.72. The second-order valence-electron chi connectivity index (χ2n) is 5.82. The summed E-state index contributed by atoms with van der Waals surface area (Å²) in [6, 6.07) is 13.7. The Bertz CT molecular complexity index is 789. The van der Waals surface area contributed by atoms with Crippen molar-refractivity contribution in [1.29, 1.82) is 0 Å². The van der Waals surface area contributed by atoms with Crippen LogP contribution in [0.2, 0.25) is 0 Å². The van der Waals surface area contributed by atoms with Crippen molar-refractivity contribution in [3.8, 4) is 11.5 Å². The van der Waals surface area contributed by atoms with Gasteiger partial charge < -0.3 is 14.8 Å². The summed E-state index contributed by atoms with van der Waals surface area (Å²) in [4.78, 5) is 26.4. The molecule has 1 heterocycles. The van der Waals surface area contributed by atoms with Gasteiger partial charge in [-0.05, 0) is 50.2 Å². The molecular weight excluding hydrogens is 332 g/mol. The molecule has 136 valence electrons. The van der Waals surface area contributed by atoms with Gasteiger partial charge in [0.15, 0.2) is 0 Å². The molecule has 0 radical (unpaired) electrons. The number of imide groups is 1. The molecule has 1 N–H and O–H groups in total. The lowest BCUT2D eigenvalue weighted by atomic mass is 10.2. The van der Waals surface area contributed by atoms with Gasteiger partial charge in [-0.25, -0.2) is 4.90 Å². The van der Waals surface area contributed by atoms with E-state index in [1.165, 1.54) is 4.90 Å². The Hall–Kier alpha value is -3.02. The van der Waals surface area contributed by atoms with Crippen LogP contribution < -0.4 is 19.7 Å². The quantitative estimate of drug-likeness (QED) is 0.773. The van der Waals surface area contributed by atoms with E-state index in [0.29, 0.717) is 36.1 Å². The molecule has 0 aliphatic carbocycles. The van der Waals surface area contributed by atoms with E-state index >= 15 is 0 Å². The van der Waals surface area contributed by atoms with Gasteiger partial charge in [-0.1, -0.05) is 12.1 Å². The Morgan fingerprint density at radius 3 is 2.38 bits per heavy atom. The van der Waals surface area contributed by atoms with Crippen LogP contribution in [0.15, 0.2) is 48.5 Å². The number of ether oxygens (including phenoxy) is 2. The van der Waals surface area contributed by atoms with Crippen LogP contribution >= 0.6 is 0 Å². The number of nitrogens with zero attached hydrogens (tertiary/aromatic N) is 1. The Morgan fingerprint density at radius 1 is 1.00 bits per heavy atom. The average Bonchev–Trinajstić information content (AvgIpc) is 2.92. The molecule has 0 bridgehead atoms. The molecular formula is C20H22N2O4. The third-order valence-corrected chi connectivity index (χ3v) is 4.07. The summed E-state index contributed by atoms with van der Waals surface area (Å²) in [5, 5.41) is 3.14. The number of para-hydroxylation sites is 2. The van der Waals surface area contributed by atoms with E-state index in [9.17, 15) is 9.59 Å². The summed E-state index contributed by atoms with van der Waals surface area (Å²) in [5.41, 5.74) is 1.25. The summed E-state index contributed by atoms with van der Waals surface area (Å²) >= 11 is 0. The molecule has 1 aliphatic rings. The zero-order valence-electron chi connectivity index (χ0n) is 14.9. The van der Waals surface area contributed by atoms with Gasteiger partial charge in [0.1, 0.15) is 17.5 Å². The molecule has 3 rings (SSSR count). The van der Waals surface area contributed by atoms with Crippen LogP contribution in [-0.2, 0) is 9.59 Å². The second-order valence-corrected chi connectivity index (χ2v) is 5.82. The first-order chi connectivity index (χ1) is 12.6. The first-order valence-electron chi connectivity index (χ1n) is 8.72. The van der Waals surface area contributed by atoms with Crippen molar-refractivity contribution < 1.29 is 19.1 Å². The Balaban J connectivity index is 1.77. The molecule has 1 atom stereocenters. The van der Waals surface area contributed by atoms with Gasteiger partial charge in [-0.2, -0.15) is 0 Å². The highest BCUT2D eigenvalue weighted by molar-refractivity contribution is 6.23. The predicted octanol–water partition coefficient (Wildman–Crippen LogP) is 3.23. The highest BCUT2D eigenvalue weighted by Crippen LogP contribution is 2.30. The van der Waals surface area contributed by atoms with Gasteiger partial charge in [0.2, 0.25) is 5.91 Å². The number of amides is 2. The number of nitrogens with one attached hydrogen (secondary N) is 1. The summed E-state index contributed by atoms with van der Waals surface area (Å²) in [7, 11) is 0. The van der Waals surface area contributed by atoms with Gasteiger partial charge in [0.25, 0.3) is 5.91 Å². The number of benzene rings is 2. The third kappa shape index (κ3) is 3.64. The maximum absolute atomic E-state index is 12.8. The van der Waals surface area contributed by atoms with Gasteiger partial charge in [-0.15, -0.1) is 0 Å². The van der Waals surface area contributed by atoms with Crippen molar-refractivity contribution in [2.75, 3.05) is 23.4 Å². The highest BCUT2D eigenvalue weighted by Gasteiger charge is 2.39. The van der Waals surface area contributed by atoms with E-state index in [-0.39, 0.29) is 18.2 Å². The normalized spacial score (nSPS) is 16.7. The maximum Gasteiger partial charge on any atom is 0.256 e. The molecule has 1 fully saturated rings. The topological polar surface area (TPSA) is 67.9 Å². The minimum Gasteiger partial charge on any atom is -0.494 e. The van der Waals surface area contributed by atoms with Crippen LogP contribution in [0.3, 0.4) is 0 Å². The number of carbonyl (C=O) groups excluding carboxylic acids is 2. The molecule has 0 saturated carbocycles. The monoisotopic (exact) mass is 354 g/mol. The van der Waals surface area contributed by atoms with E-state index in [1.54, 1.807) is 24.3 Å². The molecule has 1 aliphatic heterocycles.